The number of pyridine rings is 1. The number of nitrogens with zero attached hydrogens (tertiary/aromatic N) is 4. The predicted molar refractivity (Wildman–Crippen MR) is 99.6 cm³/mol. The number of para-hydroxylation sites is 1. The summed E-state index contributed by atoms with van der Waals surface area (Å²) in [6, 6.07) is 15.5. The third-order valence-corrected chi connectivity index (χ3v) is 5.58. The molecule has 1 saturated heterocycles. The maximum atomic E-state index is 8.81. The SMILES string of the molecule is N#Cc1ccc(CCN2CCC(N3CCc4ccccc43)CC2)cn1. The highest BCUT2D eigenvalue weighted by Gasteiger charge is 2.28. The molecule has 0 atom stereocenters. The lowest BCUT2D eigenvalue weighted by atomic mass is 10.0. The van der Waals surface area contributed by atoms with Crippen molar-refractivity contribution in [1.82, 2.24) is 9.88 Å². The van der Waals surface area contributed by atoms with Gasteiger partial charge in [0.2, 0.25) is 0 Å². The first-order valence-electron chi connectivity index (χ1n) is 9.25. The lowest BCUT2D eigenvalue weighted by molar-refractivity contribution is 0.212. The van der Waals surface area contributed by atoms with Crippen LogP contribution in [-0.2, 0) is 12.8 Å². The molecule has 0 spiro atoms. The van der Waals surface area contributed by atoms with E-state index in [2.05, 4.69) is 45.1 Å². The molecule has 1 fully saturated rings. The largest absolute Gasteiger partial charge is 0.368 e. The Balaban J connectivity index is 1.28. The summed E-state index contributed by atoms with van der Waals surface area (Å²) in [6.45, 7) is 4.61. The Morgan fingerprint density at radius 1 is 1.08 bits per heavy atom. The van der Waals surface area contributed by atoms with Crippen molar-refractivity contribution in [1.29, 1.82) is 5.26 Å². The van der Waals surface area contributed by atoms with Crippen molar-refractivity contribution in [3.63, 3.8) is 0 Å². The van der Waals surface area contributed by atoms with Crippen molar-refractivity contribution in [2.75, 3.05) is 31.1 Å². The number of piperidine rings is 1. The highest BCUT2D eigenvalue weighted by Crippen LogP contribution is 2.32. The minimum Gasteiger partial charge on any atom is -0.368 e. The van der Waals surface area contributed by atoms with E-state index in [-0.39, 0.29) is 0 Å². The van der Waals surface area contributed by atoms with E-state index in [0.29, 0.717) is 11.7 Å². The first-order chi connectivity index (χ1) is 12.3. The van der Waals surface area contributed by atoms with Gasteiger partial charge in [0.1, 0.15) is 11.8 Å². The summed E-state index contributed by atoms with van der Waals surface area (Å²) in [5.74, 6) is 0. The zero-order valence-electron chi connectivity index (χ0n) is 14.6. The van der Waals surface area contributed by atoms with E-state index in [4.69, 9.17) is 5.26 Å². The van der Waals surface area contributed by atoms with Gasteiger partial charge in [-0.05, 0) is 48.9 Å². The van der Waals surface area contributed by atoms with Crippen LogP contribution in [0.4, 0.5) is 5.69 Å². The molecule has 0 unspecified atom stereocenters. The number of anilines is 1. The van der Waals surface area contributed by atoms with Gasteiger partial charge in [0.05, 0.1) is 0 Å². The molecule has 3 heterocycles. The normalized spacial score (nSPS) is 18.1. The molecule has 2 aliphatic rings. The first kappa shape index (κ1) is 16.1. The number of fused-ring (bicyclic) bond motifs is 1. The molecular formula is C21H24N4. The van der Waals surface area contributed by atoms with E-state index in [1.165, 1.54) is 55.7 Å². The van der Waals surface area contributed by atoms with Gasteiger partial charge in [-0.1, -0.05) is 24.3 Å². The number of hydrogen-bond donors (Lipinski definition) is 0. The van der Waals surface area contributed by atoms with Crippen LogP contribution in [0.25, 0.3) is 0 Å². The number of aromatic nitrogens is 1. The van der Waals surface area contributed by atoms with Crippen molar-refractivity contribution in [3.8, 4) is 6.07 Å². The number of hydrogen-bond acceptors (Lipinski definition) is 4. The molecule has 4 rings (SSSR count). The Morgan fingerprint density at radius 2 is 1.92 bits per heavy atom. The van der Waals surface area contributed by atoms with E-state index in [0.717, 1.165) is 13.0 Å². The first-order valence-corrected chi connectivity index (χ1v) is 9.25. The van der Waals surface area contributed by atoms with Gasteiger partial charge in [-0.3, -0.25) is 0 Å². The average Bonchev–Trinajstić information content (AvgIpc) is 3.11. The molecule has 0 amide bonds. The van der Waals surface area contributed by atoms with Crippen LogP contribution in [0.5, 0.6) is 0 Å². The van der Waals surface area contributed by atoms with Crippen molar-refractivity contribution >= 4 is 5.69 Å². The molecular weight excluding hydrogens is 308 g/mol. The van der Waals surface area contributed by atoms with Crippen LogP contribution in [0.15, 0.2) is 42.6 Å². The molecule has 0 aliphatic carbocycles. The zero-order chi connectivity index (χ0) is 17.1. The summed E-state index contributed by atoms with van der Waals surface area (Å²) in [4.78, 5) is 9.36. The number of rotatable bonds is 4. The van der Waals surface area contributed by atoms with E-state index in [1.54, 1.807) is 0 Å². The molecule has 1 aromatic heterocycles. The molecule has 4 nitrogen and oxygen atoms in total. The molecule has 1 aromatic carbocycles. The third-order valence-electron chi connectivity index (χ3n) is 5.58. The van der Waals surface area contributed by atoms with Gasteiger partial charge >= 0.3 is 0 Å². The van der Waals surface area contributed by atoms with Crippen LogP contribution >= 0.6 is 0 Å². The minimum absolute atomic E-state index is 0.496. The molecule has 4 heteroatoms. The molecule has 0 N–H and O–H groups in total. The fraction of sp³-hybridized carbons (Fsp3) is 0.429. The van der Waals surface area contributed by atoms with E-state index in [1.807, 2.05) is 18.3 Å². The third kappa shape index (κ3) is 3.52. The maximum absolute atomic E-state index is 8.81. The average molecular weight is 332 g/mol. The topological polar surface area (TPSA) is 43.2 Å². The molecule has 128 valence electrons. The van der Waals surface area contributed by atoms with Crippen LogP contribution in [0.2, 0.25) is 0 Å². The van der Waals surface area contributed by atoms with Crippen LogP contribution in [0.3, 0.4) is 0 Å². The summed E-state index contributed by atoms with van der Waals surface area (Å²) < 4.78 is 0. The number of nitriles is 1. The second-order valence-electron chi connectivity index (χ2n) is 7.06. The number of likely N-dealkylation sites (tertiary alicyclic amines) is 1. The minimum atomic E-state index is 0.496. The highest BCUT2D eigenvalue weighted by molar-refractivity contribution is 5.58. The lowest BCUT2D eigenvalue weighted by Crippen LogP contribution is -2.44. The molecule has 0 radical (unpaired) electrons. The van der Waals surface area contributed by atoms with Crippen LogP contribution in [0, 0.1) is 11.3 Å². The lowest BCUT2D eigenvalue weighted by Gasteiger charge is -2.38. The molecule has 2 aromatic rings. The van der Waals surface area contributed by atoms with Crippen LogP contribution in [-0.4, -0.2) is 42.1 Å². The second-order valence-corrected chi connectivity index (χ2v) is 7.06. The fourth-order valence-electron chi connectivity index (χ4n) is 4.12. The summed E-state index contributed by atoms with van der Waals surface area (Å²) in [5.41, 5.74) is 4.69. The number of benzene rings is 1. The Labute approximate surface area is 149 Å². The van der Waals surface area contributed by atoms with Crippen molar-refractivity contribution in [3.05, 3.63) is 59.4 Å². The van der Waals surface area contributed by atoms with Crippen LogP contribution in [0.1, 0.15) is 29.7 Å². The van der Waals surface area contributed by atoms with E-state index < -0.39 is 0 Å². The van der Waals surface area contributed by atoms with Crippen molar-refractivity contribution in [2.45, 2.75) is 31.7 Å². The van der Waals surface area contributed by atoms with Gasteiger partial charge in [0.15, 0.2) is 0 Å². The van der Waals surface area contributed by atoms with Gasteiger partial charge in [-0.15, -0.1) is 0 Å². The summed E-state index contributed by atoms with van der Waals surface area (Å²) in [5, 5.41) is 8.81. The Hall–Kier alpha value is -2.38. The summed E-state index contributed by atoms with van der Waals surface area (Å²) in [6.07, 6.45) is 6.55. The van der Waals surface area contributed by atoms with Crippen LogP contribution < -0.4 is 4.90 Å². The second kappa shape index (κ2) is 7.25. The van der Waals surface area contributed by atoms with Gasteiger partial charge in [0.25, 0.3) is 0 Å². The summed E-state index contributed by atoms with van der Waals surface area (Å²) >= 11 is 0. The summed E-state index contributed by atoms with van der Waals surface area (Å²) in [7, 11) is 0. The monoisotopic (exact) mass is 332 g/mol. The van der Waals surface area contributed by atoms with Crippen molar-refractivity contribution < 1.29 is 0 Å². The Bertz CT molecular complexity index is 754. The smallest absolute Gasteiger partial charge is 0.140 e. The van der Waals surface area contributed by atoms with Gasteiger partial charge in [-0.2, -0.15) is 5.26 Å². The maximum Gasteiger partial charge on any atom is 0.140 e. The Kier molecular flexibility index (Phi) is 4.67. The van der Waals surface area contributed by atoms with Gasteiger partial charge in [0, 0.05) is 44.1 Å². The van der Waals surface area contributed by atoms with E-state index in [9.17, 15) is 0 Å². The van der Waals surface area contributed by atoms with Crippen molar-refractivity contribution in [2.24, 2.45) is 0 Å². The molecule has 0 saturated carbocycles. The Morgan fingerprint density at radius 3 is 2.68 bits per heavy atom. The van der Waals surface area contributed by atoms with Gasteiger partial charge < -0.3 is 9.80 Å². The standard InChI is InChI=1S/C21H24N4/c22-15-19-6-5-17(16-23-19)7-11-24-12-9-20(10-13-24)25-14-8-18-3-1-2-4-21(18)25/h1-6,16,20H,7-14H2. The highest BCUT2D eigenvalue weighted by atomic mass is 15.2. The molecule has 25 heavy (non-hydrogen) atoms. The van der Waals surface area contributed by atoms with Gasteiger partial charge in [-0.25, -0.2) is 4.98 Å². The zero-order valence-corrected chi connectivity index (χ0v) is 14.6. The van der Waals surface area contributed by atoms with E-state index >= 15 is 0 Å². The quantitative estimate of drug-likeness (QED) is 0.863. The fourth-order valence-corrected chi connectivity index (χ4v) is 4.12. The molecule has 0 bridgehead atoms. The predicted octanol–water partition coefficient (Wildman–Crippen LogP) is 3.02. The molecule has 2 aliphatic heterocycles.